The van der Waals surface area contributed by atoms with Crippen LogP contribution in [-0.2, 0) is 13.6 Å². The molecule has 0 bridgehead atoms. The molecule has 0 unspecified atom stereocenters. The summed E-state index contributed by atoms with van der Waals surface area (Å²) in [6.45, 7) is 0.835. The molecule has 0 saturated carbocycles. The fourth-order valence-electron chi connectivity index (χ4n) is 1.27. The quantitative estimate of drug-likeness (QED) is 0.463. The second kappa shape index (κ2) is 4.73. The van der Waals surface area contributed by atoms with Crippen LogP contribution in [0, 0.1) is 0 Å². The number of hydrogen-bond donors (Lipinski definition) is 0. The predicted molar refractivity (Wildman–Crippen MR) is 62.5 cm³/mol. The Morgan fingerprint density at radius 2 is 1.55 bits per heavy atom. The summed E-state index contributed by atoms with van der Waals surface area (Å²) in [5, 5.41) is 4.24. The van der Waals surface area contributed by atoms with E-state index >= 15 is 0 Å². The number of rotatable bonds is 2. The zero-order valence-corrected chi connectivity index (χ0v) is 11.2. The molecule has 1 aromatic carbocycles. The van der Waals surface area contributed by atoms with E-state index in [-0.39, 0.29) is 0 Å². The van der Waals surface area contributed by atoms with Crippen LogP contribution < -0.4 is 4.68 Å². The van der Waals surface area contributed by atoms with E-state index < -0.39 is 7.81 Å². The second-order valence-corrected chi connectivity index (χ2v) is 5.92. The number of aromatic nitrogens is 3. The second-order valence-electron chi connectivity index (χ2n) is 4.00. The molecule has 0 aliphatic rings. The summed E-state index contributed by atoms with van der Waals surface area (Å²) in [6, 6.07) is 10.3. The third kappa shape index (κ3) is 10.3. The Kier molecular flexibility index (Phi) is 3.88. The van der Waals surface area contributed by atoms with Crippen LogP contribution in [0.25, 0.3) is 0 Å². The van der Waals surface area contributed by atoms with Crippen molar-refractivity contribution in [3.63, 3.8) is 0 Å². The van der Waals surface area contributed by atoms with E-state index in [9.17, 15) is 25.2 Å². The molecule has 0 fully saturated rings. The zero-order valence-electron chi connectivity index (χ0n) is 10.3. The van der Waals surface area contributed by atoms with Crippen molar-refractivity contribution in [2.24, 2.45) is 7.05 Å². The van der Waals surface area contributed by atoms with Crippen molar-refractivity contribution >= 4 is 7.81 Å². The molecule has 1 aromatic heterocycles. The Morgan fingerprint density at radius 1 is 1.05 bits per heavy atom. The molecule has 0 amide bonds. The summed E-state index contributed by atoms with van der Waals surface area (Å²) >= 11 is 0. The van der Waals surface area contributed by atoms with Gasteiger partial charge >= 0.3 is 33.0 Å². The van der Waals surface area contributed by atoms with Gasteiger partial charge in [0, 0.05) is 0 Å². The molecule has 0 aliphatic carbocycles. The van der Waals surface area contributed by atoms with Crippen LogP contribution >= 0.6 is 7.81 Å². The molecule has 114 valence electrons. The van der Waals surface area contributed by atoms with Crippen molar-refractivity contribution in [3.8, 4) is 0 Å². The van der Waals surface area contributed by atoms with Crippen LogP contribution in [0.1, 0.15) is 5.56 Å². The van der Waals surface area contributed by atoms with E-state index in [1.54, 1.807) is 4.68 Å². The van der Waals surface area contributed by atoms with Crippen molar-refractivity contribution < 1.29 is 29.9 Å². The van der Waals surface area contributed by atoms with Crippen molar-refractivity contribution in [2.75, 3.05) is 0 Å². The molecule has 2 aromatic rings. The van der Waals surface area contributed by atoms with Crippen molar-refractivity contribution in [1.82, 2.24) is 9.90 Å². The van der Waals surface area contributed by atoms with Crippen LogP contribution in [0.3, 0.4) is 0 Å². The molecule has 0 aliphatic heterocycles. The molecule has 10 heteroatoms. The minimum atomic E-state index is -10.7. The Labute approximate surface area is 110 Å². The van der Waals surface area contributed by atoms with Crippen molar-refractivity contribution in [2.45, 2.75) is 6.54 Å². The summed E-state index contributed by atoms with van der Waals surface area (Å²) < 4.78 is 62.9. The first-order valence-corrected chi connectivity index (χ1v) is 7.32. The van der Waals surface area contributed by atoms with Gasteiger partial charge in [-0.25, -0.2) is 0 Å². The van der Waals surface area contributed by atoms with Gasteiger partial charge in [0.15, 0.2) is 12.4 Å². The molecule has 1 heterocycles. The minimum absolute atomic E-state index is 0.835. The number of nitrogens with zero attached hydrogens (tertiary/aromatic N) is 3. The van der Waals surface area contributed by atoms with Gasteiger partial charge in [-0.1, -0.05) is 30.3 Å². The molecular weight excluding hydrogens is 307 g/mol. The number of benzene rings is 1. The van der Waals surface area contributed by atoms with Gasteiger partial charge in [-0.3, -0.25) is 0 Å². The van der Waals surface area contributed by atoms with Crippen LogP contribution in [0.2, 0.25) is 0 Å². The fraction of sp³-hybridized carbons (Fsp3) is 0.200. The summed E-state index contributed by atoms with van der Waals surface area (Å²) in [5.74, 6) is 0. The standard InChI is InChI=1S/C10H12N3.F6P/c1-12-7-8-13(11-12)9-10-5-3-2-4-6-10;1-7(2,3,4,5)6/h2-8H,9H2,1H3;/q+1;-1. The monoisotopic (exact) mass is 319 g/mol. The average molecular weight is 319 g/mol. The summed E-state index contributed by atoms with van der Waals surface area (Å²) in [7, 11) is -8.74. The SMILES string of the molecule is C[n+]1ccn(Cc2ccccc2)n1.F[P-](F)(F)(F)(F)F. The predicted octanol–water partition coefficient (Wildman–Crippen LogP) is 4.14. The topological polar surface area (TPSA) is 21.7 Å². The Bertz CT molecular complexity index is 551. The van der Waals surface area contributed by atoms with E-state index in [2.05, 4.69) is 17.3 Å². The number of aryl methyl sites for hydroxylation is 1. The van der Waals surface area contributed by atoms with E-state index in [1.165, 1.54) is 5.56 Å². The van der Waals surface area contributed by atoms with Gasteiger partial charge < -0.3 is 0 Å². The van der Waals surface area contributed by atoms with Crippen molar-refractivity contribution in [3.05, 3.63) is 48.3 Å². The summed E-state index contributed by atoms with van der Waals surface area (Å²) in [6.07, 6.45) is 3.90. The Balaban J connectivity index is 0.000000246. The Morgan fingerprint density at radius 3 is 1.95 bits per heavy atom. The summed E-state index contributed by atoms with van der Waals surface area (Å²) in [4.78, 5) is 0. The fourth-order valence-corrected chi connectivity index (χ4v) is 1.27. The molecule has 20 heavy (non-hydrogen) atoms. The van der Waals surface area contributed by atoms with Gasteiger partial charge in [0.1, 0.15) is 13.6 Å². The van der Waals surface area contributed by atoms with Crippen LogP contribution in [0.5, 0.6) is 0 Å². The number of hydrogen-bond acceptors (Lipinski definition) is 1. The van der Waals surface area contributed by atoms with E-state index in [1.807, 2.05) is 42.3 Å². The van der Waals surface area contributed by atoms with E-state index in [0.29, 0.717) is 0 Å². The van der Waals surface area contributed by atoms with Crippen LogP contribution in [0.4, 0.5) is 25.2 Å². The van der Waals surface area contributed by atoms with Gasteiger partial charge in [-0.2, -0.15) is 0 Å². The van der Waals surface area contributed by atoms with Gasteiger partial charge in [0.05, 0.1) is 5.21 Å². The van der Waals surface area contributed by atoms with Gasteiger partial charge in [0.25, 0.3) is 0 Å². The Hall–Kier alpha value is -1.63. The van der Waals surface area contributed by atoms with Crippen molar-refractivity contribution in [1.29, 1.82) is 0 Å². The first-order valence-electron chi connectivity index (χ1n) is 5.29. The molecule has 0 saturated heterocycles. The summed E-state index contributed by atoms with van der Waals surface area (Å²) in [5.41, 5.74) is 1.27. The third-order valence-electron chi connectivity index (χ3n) is 1.90. The molecule has 0 atom stereocenters. The molecule has 0 spiro atoms. The maximum absolute atomic E-state index is 10.7. The molecule has 2 rings (SSSR count). The van der Waals surface area contributed by atoms with Gasteiger partial charge in [-0.15, -0.1) is 9.36 Å². The first kappa shape index (κ1) is 16.4. The average Bonchev–Trinajstić information content (AvgIpc) is 2.61. The maximum atomic E-state index is 9.87. The zero-order chi connectivity index (χ0) is 15.5. The first-order chi connectivity index (χ1) is 8.79. The molecule has 0 radical (unpaired) electrons. The molecule has 3 nitrogen and oxygen atoms in total. The van der Waals surface area contributed by atoms with E-state index in [0.717, 1.165) is 6.54 Å². The normalized spacial score (nSPS) is 14.8. The van der Waals surface area contributed by atoms with Crippen LogP contribution in [0.15, 0.2) is 42.7 Å². The molecule has 0 N–H and O–H groups in total. The van der Waals surface area contributed by atoms with Gasteiger partial charge in [0.2, 0.25) is 0 Å². The number of halogens is 6. The van der Waals surface area contributed by atoms with E-state index in [4.69, 9.17) is 0 Å². The third-order valence-corrected chi connectivity index (χ3v) is 1.90. The molecular formula is C10H12F6N3P. The van der Waals surface area contributed by atoms with Gasteiger partial charge in [-0.05, 0) is 5.56 Å². The van der Waals surface area contributed by atoms with Crippen LogP contribution in [-0.4, -0.2) is 9.90 Å².